The summed E-state index contributed by atoms with van der Waals surface area (Å²) in [7, 11) is 0. The predicted octanol–water partition coefficient (Wildman–Crippen LogP) is 3.48. The molecule has 1 aromatic carbocycles. The summed E-state index contributed by atoms with van der Waals surface area (Å²) in [6.07, 6.45) is 0. The van der Waals surface area contributed by atoms with Crippen molar-refractivity contribution >= 4 is 17.2 Å². The van der Waals surface area contributed by atoms with Gasteiger partial charge in [-0.2, -0.15) is 0 Å². The number of nitro groups is 1. The van der Waals surface area contributed by atoms with E-state index in [0.29, 0.717) is 28.2 Å². The van der Waals surface area contributed by atoms with Gasteiger partial charge in [0.1, 0.15) is 16.9 Å². The third-order valence-electron chi connectivity index (χ3n) is 3.30. The summed E-state index contributed by atoms with van der Waals surface area (Å²) < 4.78 is 5.46. The number of allylic oxidation sites excluding steroid dienone is 2. The molecule has 0 fully saturated rings. The van der Waals surface area contributed by atoms with Gasteiger partial charge in [0.2, 0.25) is 0 Å². The number of carbonyl (C=O) groups excluding carboxylic acids is 1. The highest BCUT2D eigenvalue weighted by molar-refractivity contribution is 6.07. The number of ether oxygens (including phenoxy) is 1. The molecule has 1 N–H and O–H groups in total. The van der Waals surface area contributed by atoms with Crippen LogP contribution in [-0.4, -0.2) is 16.5 Å². The zero-order valence-corrected chi connectivity index (χ0v) is 14.3. The van der Waals surface area contributed by atoms with E-state index >= 15 is 0 Å². The van der Waals surface area contributed by atoms with Crippen molar-refractivity contribution in [3.8, 4) is 0 Å². The summed E-state index contributed by atoms with van der Waals surface area (Å²) in [5.41, 5.74) is 4.26. The van der Waals surface area contributed by atoms with Crippen molar-refractivity contribution in [3.63, 3.8) is 0 Å². The molecule has 1 aliphatic rings. The third-order valence-corrected chi connectivity index (χ3v) is 3.30. The molecule has 0 saturated heterocycles. The number of nitrogens with one attached hydrogen (secondary N) is 1. The molecule has 7 heteroatoms. The first-order chi connectivity index (χ1) is 11.1. The molecule has 0 amide bonds. The Labute approximate surface area is 140 Å². The second-order valence-electron chi connectivity index (χ2n) is 6.44. The minimum atomic E-state index is -0.649. The fraction of sp³-hybridized carbons (Fsp3) is 0.353. The molecule has 128 valence electrons. The molecule has 0 aliphatic carbocycles. The second kappa shape index (κ2) is 6.35. The molecule has 24 heavy (non-hydrogen) atoms. The van der Waals surface area contributed by atoms with Gasteiger partial charge in [0.05, 0.1) is 10.6 Å². The van der Waals surface area contributed by atoms with Gasteiger partial charge < -0.3 is 9.57 Å². The van der Waals surface area contributed by atoms with Crippen LogP contribution in [0.15, 0.2) is 41.3 Å². The lowest BCUT2D eigenvalue weighted by atomic mass is 9.94. The minimum Gasteiger partial charge on any atom is -0.456 e. The first kappa shape index (κ1) is 17.5. The molecule has 0 atom stereocenters. The fourth-order valence-corrected chi connectivity index (χ4v) is 2.30. The molecule has 7 nitrogen and oxygen atoms in total. The first-order valence-corrected chi connectivity index (χ1v) is 7.43. The van der Waals surface area contributed by atoms with Crippen LogP contribution in [0.3, 0.4) is 0 Å². The molecule has 0 spiro atoms. The number of non-ortho nitro benzene ring substituents is 1. The molecule has 0 bridgehead atoms. The highest BCUT2D eigenvalue weighted by Crippen LogP contribution is 2.34. The van der Waals surface area contributed by atoms with E-state index in [9.17, 15) is 14.9 Å². The van der Waals surface area contributed by atoms with Crippen molar-refractivity contribution < 1.29 is 19.3 Å². The van der Waals surface area contributed by atoms with Crippen LogP contribution in [0.25, 0.3) is 5.57 Å². The number of esters is 1. The quantitative estimate of drug-likeness (QED) is 0.518. The lowest BCUT2D eigenvalue weighted by Crippen LogP contribution is -2.29. The summed E-state index contributed by atoms with van der Waals surface area (Å²) in [5, 5.41) is 10.8. The van der Waals surface area contributed by atoms with E-state index in [1.165, 1.54) is 12.1 Å². The van der Waals surface area contributed by atoms with E-state index in [4.69, 9.17) is 9.57 Å². The van der Waals surface area contributed by atoms with E-state index in [2.05, 4.69) is 5.48 Å². The summed E-state index contributed by atoms with van der Waals surface area (Å²) in [4.78, 5) is 28.3. The topological polar surface area (TPSA) is 90.7 Å². The Morgan fingerprint density at radius 2 is 1.79 bits per heavy atom. The van der Waals surface area contributed by atoms with Crippen LogP contribution >= 0.6 is 0 Å². The van der Waals surface area contributed by atoms with E-state index in [1.54, 1.807) is 46.8 Å². The number of hydrogen-bond acceptors (Lipinski definition) is 6. The Bertz CT molecular complexity index is 739. The van der Waals surface area contributed by atoms with Crippen molar-refractivity contribution in [1.29, 1.82) is 0 Å². The largest absolute Gasteiger partial charge is 0.456 e. The third kappa shape index (κ3) is 3.73. The number of carbonyl (C=O) groups is 1. The van der Waals surface area contributed by atoms with Gasteiger partial charge in [-0.05, 0) is 52.3 Å². The number of hydroxylamine groups is 1. The molecule has 0 saturated carbocycles. The smallest absolute Gasteiger partial charge is 0.342 e. The van der Waals surface area contributed by atoms with Crippen LogP contribution in [0.4, 0.5) is 5.69 Å². The highest BCUT2D eigenvalue weighted by atomic mass is 16.7. The van der Waals surface area contributed by atoms with Gasteiger partial charge in [-0.25, -0.2) is 10.3 Å². The van der Waals surface area contributed by atoms with Crippen LogP contribution in [-0.2, 0) is 14.4 Å². The standard InChI is InChI=1S/C17H20N2O5/c1-10-14(12-6-8-13(9-7-12)19(21)22)15(11(2)24-18-10)16(20)23-17(3,4)5/h6-9,18H,1-5H3. The van der Waals surface area contributed by atoms with Crippen molar-refractivity contribution in [2.75, 3.05) is 0 Å². The van der Waals surface area contributed by atoms with Crippen LogP contribution in [0.5, 0.6) is 0 Å². The monoisotopic (exact) mass is 332 g/mol. The van der Waals surface area contributed by atoms with Crippen molar-refractivity contribution in [1.82, 2.24) is 5.48 Å². The Balaban J connectivity index is 2.48. The van der Waals surface area contributed by atoms with Crippen LogP contribution in [0.2, 0.25) is 0 Å². The number of nitrogens with zero attached hydrogens (tertiary/aromatic N) is 1. The Hall–Kier alpha value is -2.83. The highest BCUT2D eigenvalue weighted by Gasteiger charge is 2.30. The summed E-state index contributed by atoms with van der Waals surface area (Å²) >= 11 is 0. The summed E-state index contributed by atoms with van der Waals surface area (Å²) in [6, 6.07) is 5.99. The average molecular weight is 332 g/mol. The lowest BCUT2D eigenvalue weighted by Gasteiger charge is -2.26. The van der Waals surface area contributed by atoms with Crippen LogP contribution < -0.4 is 5.48 Å². The SMILES string of the molecule is CC1=C(c2ccc([N+](=O)[O-])cc2)C(C(=O)OC(C)(C)C)=C(C)ON1. The van der Waals surface area contributed by atoms with Gasteiger partial charge in [0.25, 0.3) is 5.69 Å². The molecule has 0 unspecified atom stereocenters. The van der Waals surface area contributed by atoms with Gasteiger partial charge in [-0.15, -0.1) is 0 Å². The van der Waals surface area contributed by atoms with Gasteiger partial charge in [0, 0.05) is 17.7 Å². The normalized spacial score (nSPS) is 14.9. The summed E-state index contributed by atoms with van der Waals surface area (Å²) in [5.74, 6) is -0.127. The average Bonchev–Trinajstić information content (AvgIpc) is 2.47. The molecule has 1 aromatic rings. The molecule has 1 heterocycles. The van der Waals surface area contributed by atoms with Crippen LogP contribution in [0, 0.1) is 10.1 Å². The Morgan fingerprint density at radius 3 is 2.29 bits per heavy atom. The molecule has 2 rings (SSSR count). The number of benzene rings is 1. The fourth-order valence-electron chi connectivity index (χ4n) is 2.30. The lowest BCUT2D eigenvalue weighted by molar-refractivity contribution is -0.384. The van der Waals surface area contributed by atoms with E-state index in [-0.39, 0.29) is 5.69 Å². The van der Waals surface area contributed by atoms with E-state index in [1.807, 2.05) is 0 Å². The van der Waals surface area contributed by atoms with Gasteiger partial charge in [-0.3, -0.25) is 10.1 Å². The summed E-state index contributed by atoms with van der Waals surface area (Å²) in [6.45, 7) is 8.76. The van der Waals surface area contributed by atoms with Crippen LogP contribution in [0.1, 0.15) is 40.2 Å². The maximum atomic E-state index is 12.6. The van der Waals surface area contributed by atoms with Crippen molar-refractivity contribution in [2.45, 2.75) is 40.2 Å². The Kier molecular flexibility index (Phi) is 4.64. The first-order valence-electron chi connectivity index (χ1n) is 7.43. The van der Waals surface area contributed by atoms with Gasteiger partial charge in [0.15, 0.2) is 0 Å². The molecular formula is C17H20N2O5. The second-order valence-corrected chi connectivity index (χ2v) is 6.44. The van der Waals surface area contributed by atoms with Gasteiger partial charge in [-0.1, -0.05) is 0 Å². The Morgan fingerprint density at radius 1 is 1.21 bits per heavy atom. The maximum Gasteiger partial charge on any atom is 0.342 e. The van der Waals surface area contributed by atoms with Crippen molar-refractivity contribution in [3.05, 3.63) is 57.0 Å². The number of hydrogen-bond donors (Lipinski definition) is 1. The van der Waals surface area contributed by atoms with E-state index in [0.717, 1.165) is 0 Å². The van der Waals surface area contributed by atoms with Gasteiger partial charge >= 0.3 is 5.97 Å². The minimum absolute atomic E-state index is 0.0171. The van der Waals surface area contributed by atoms with E-state index < -0.39 is 16.5 Å². The zero-order chi connectivity index (χ0) is 18.1. The zero-order valence-electron chi connectivity index (χ0n) is 14.3. The van der Waals surface area contributed by atoms with Crippen molar-refractivity contribution in [2.24, 2.45) is 0 Å². The predicted molar refractivity (Wildman–Crippen MR) is 88.5 cm³/mol. The molecule has 0 radical (unpaired) electrons. The molecule has 1 aliphatic heterocycles. The number of nitro benzene ring substituents is 1. The molecule has 0 aromatic heterocycles. The number of rotatable bonds is 3. The molecular weight excluding hydrogens is 312 g/mol. The maximum absolute atomic E-state index is 12.6.